The number of rotatable bonds is 6. The molecule has 1 aromatic rings. The summed E-state index contributed by atoms with van der Waals surface area (Å²) in [5.74, 6) is -1.36. The summed E-state index contributed by atoms with van der Waals surface area (Å²) in [5, 5.41) is 13.5. The van der Waals surface area contributed by atoms with E-state index in [1.54, 1.807) is 18.2 Å². The van der Waals surface area contributed by atoms with Crippen molar-refractivity contribution in [1.82, 2.24) is 5.32 Å². The number of anilines is 1. The van der Waals surface area contributed by atoms with Crippen LogP contribution in [0.15, 0.2) is 18.2 Å². The molecule has 0 radical (unpaired) electrons. The van der Waals surface area contributed by atoms with Gasteiger partial charge >= 0.3 is 12.0 Å². The highest BCUT2D eigenvalue weighted by Gasteiger charge is 2.10. The number of hydrogen-bond acceptors (Lipinski definition) is 3. The molecule has 0 heterocycles. The summed E-state index contributed by atoms with van der Waals surface area (Å²) in [6.45, 7) is 1.87. The molecule has 0 saturated heterocycles. The van der Waals surface area contributed by atoms with Crippen LogP contribution in [0, 0.1) is 6.92 Å². The van der Waals surface area contributed by atoms with Crippen molar-refractivity contribution in [2.24, 2.45) is 0 Å². The second-order valence-corrected chi connectivity index (χ2v) is 4.99. The van der Waals surface area contributed by atoms with Gasteiger partial charge in [-0.15, -0.1) is 0 Å². The van der Waals surface area contributed by atoms with Gasteiger partial charge in [0.05, 0.1) is 10.7 Å². The molecule has 0 saturated carbocycles. The van der Waals surface area contributed by atoms with E-state index in [0.717, 1.165) is 5.56 Å². The molecule has 0 fully saturated rings. The summed E-state index contributed by atoms with van der Waals surface area (Å²) >= 11 is 5.96. The third-order valence-electron chi connectivity index (χ3n) is 2.67. The van der Waals surface area contributed by atoms with E-state index < -0.39 is 17.9 Å². The number of aryl methyl sites for hydroxylation is 1. The van der Waals surface area contributed by atoms with Crippen LogP contribution in [0.2, 0.25) is 5.02 Å². The largest absolute Gasteiger partial charge is 0.481 e. The fourth-order valence-corrected chi connectivity index (χ4v) is 1.91. The number of aliphatic carboxylic acids is 1. The molecule has 0 bridgehead atoms. The number of carboxylic acid groups (broad SMARTS) is 1. The Hall–Kier alpha value is -2.08. The van der Waals surface area contributed by atoms with E-state index >= 15 is 0 Å². The van der Waals surface area contributed by atoms with Crippen LogP contribution >= 0.6 is 11.6 Å². The molecule has 1 aromatic carbocycles. The van der Waals surface area contributed by atoms with Gasteiger partial charge in [0, 0.05) is 12.8 Å². The molecule has 6 nitrogen and oxygen atoms in total. The van der Waals surface area contributed by atoms with E-state index in [1.165, 1.54) is 0 Å². The van der Waals surface area contributed by atoms with Crippen molar-refractivity contribution in [3.05, 3.63) is 28.8 Å². The monoisotopic (exact) mass is 312 g/mol. The van der Waals surface area contributed by atoms with Crippen LogP contribution in [-0.2, 0) is 9.59 Å². The first kappa shape index (κ1) is 17.0. The molecule has 21 heavy (non-hydrogen) atoms. The van der Waals surface area contributed by atoms with Crippen molar-refractivity contribution < 1.29 is 19.5 Å². The lowest BCUT2D eigenvalue weighted by Crippen LogP contribution is -2.34. The van der Waals surface area contributed by atoms with Crippen molar-refractivity contribution in [2.45, 2.75) is 32.6 Å². The summed E-state index contributed by atoms with van der Waals surface area (Å²) in [5.41, 5.74) is 1.37. The Morgan fingerprint density at radius 3 is 2.48 bits per heavy atom. The summed E-state index contributed by atoms with van der Waals surface area (Å²) in [6.07, 6.45) is 0.922. The molecule has 0 aromatic heterocycles. The van der Waals surface area contributed by atoms with Crippen molar-refractivity contribution in [3.63, 3.8) is 0 Å². The first-order valence-corrected chi connectivity index (χ1v) is 6.85. The van der Waals surface area contributed by atoms with E-state index in [9.17, 15) is 14.4 Å². The minimum Gasteiger partial charge on any atom is -0.481 e. The average Bonchev–Trinajstić information content (AvgIpc) is 2.38. The molecule has 0 aliphatic heterocycles. The van der Waals surface area contributed by atoms with Crippen LogP contribution in [0.4, 0.5) is 10.5 Å². The Morgan fingerprint density at radius 1 is 1.19 bits per heavy atom. The second-order valence-electron chi connectivity index (χ2n) is 4.59. The van der Waals surface area contributed by atoms with E-state index in [2.05, 4.69) is 10.6 Å². The number of imide groups is 1. The standard InChI is InChI=1S/C14H17ClN2O4/c1-9-6-7-11(10(15)8-9)16-14(21)17-12(18)4-2-3-5-13(19)20/h6-8H,2-5H2,1H3,(H,19,20)(H2,16,17,18,21). The van der Waals surface area contributed by atoms with Crippen LogP contribution in [-0.4, -0.2) is 23.0 Å². The number of amides is 3. The molecular formula is C14H17ClN2O4. The van der Waals surface area contributed by atoms with Crippen molar-refractivity contribution in [2.75, 3.05) is 5.32 Å². The quantitative estimate of drug-likeness (QED) is 0.704. The SMILES string of the molecule is Cc1ccc(NC(=O)NC(=O)CCCCC(=O)O)c(Cl)c1. The Kier molecular flexibility index (Phi) is 6.68. The number of nitrogens with one attached hydrogen (secondary N) is 2. The van der Waals surface area contributed by atoms with E-state index in [-0.39, 0.29) is 12.8 Å². The summed E-state index contributed by atoms with van der Waals surface area (Å²) in [7, 11) is 0. The predicted molar refractivity (Wildman–Crippen MR) is 79.5 cm³/mol. The fraction of sp³-hybridized carbons (Fsp3) is 0.357. The normalized spacial score (nSPS) is 10.0. The van der Waals surface area contributed by atoms with Gasteiger partial charge in [-0.25, -0.2) is 4.79 Å². The van der Waals surface area contributed by atoms with E-state index in [1.807, 2.05) is 6.92 Å². The number of hydrogen-bond donors (Lipinski definition) is 3. The third kappa shape index (κ3) is 6.76. The number of unbranched alkanes of at least 4 members (excludes halogenated alkanes) is 1. The second kappa shape index (κ2) is 8.26. The topological polar surface area (TPSA) is 95.5 Å². The van der Waals surface area contributed by atoms with Crippen LogP contribution < -0.4 is 10.6 Å². The maximum atomic E-state index is 11.6. The fourth-order valence-electron chi connectivity index (χ4n) is 1.63. The minimum absolute atomic E-state index is 0.0124. The van der Waals surface area contributed by atoms with Gasteiger partial charge in [-0.2, -0.15) is 0 Å². The van der Waals surface area contributed by atoms with Crippen LogP contribution in [0.1, 0.15) is 31.2 Å². The molecule has 7 heteroatoms. The van der Waals surface area contributed by atoms with Crippen molar-refractivity contribution >= 4 is 35.2 Å². The Labute approximate surface area is 127 Å². The van der Waals surface area contributed by atoms with Gasteiger partial charge in [0.25, 0.3) is 0 Å². The van der Waals surface area contributed by atoms with Gasteiger partial charge in [-0.1, -0.05) is 17.7 Å². The zero-order chi connectivity index (χ0) is 15.8. The summed E-state index contributed by atoms with van der Waals surface area (Å²) < 4.78 is 0. The molecule has 0 spiro atoms. The molecule has 114 valence electrons. The number of urea groups is 1. The summed E-state index contributed by atoms with van der Waals surface area (Å²) in [6, 6.07) is 4.47. The van der Waals surface area contributed by atoms with Gasteiger partial charge in [-0.3, -0.25) is 14.9 Å². The third-order valence-corrected chi connectivity index (χ3v) is 2.98. The Morgan fingerprint density at radius 2 is 1.86 bits per heavy atom. The number of carboxylic acids is 1. The molecule has 1 rings (SSSR count). The molecule has 0 aliphatic rings. The number of carbonyl (C=O) groups is 3. The lowest BCUT2D eigenvalue weighted by molar-refractivity contribution is -0.137. The molecule has 0 atom stereocenters. The molecule has 0 unspecified atom stereocenters. The first-order chi connectivity index (χ1) is 9.88. The molecule has 3 amide bonds. The smallest absolute Gasteiger partial charge is 0.325 e. The van der Waals surface area contributed by atoms with Gasteiger partial charge in [0.15, 0.2) is 0 Å². The van der Waals surface area contributed by atoms with Crippen LogP contribution in [0.5, 0.6) is 0 Å². The van der Waals surface area contributed by atoms with Crippen LogP contribution in [0.3, 0.4) is 0 Å². The van der Waals surface area contributed by atoms with Crippen molar-refractivity contribution in [3.8, 4) is 0 Å². The lowest BCUT2D eigenvalue weighted by atomic mass is 10.2. The number of halogens is 1. The number of benzene rings is 1. The Balaban J connectivity index is 2.36. The zero-order valence-electron chi connectivity index (χ0n) is 11.6. The highest BCUT2D eigenvalue weighted by Crippen LogP contribution is 2.22. The Bertz CT molecular complexity index is 546. The lowest BCUT2D eigenvalue weighted by Gasteiger charge is -2.08. The zero-order valence-corrected chi connectivity index (χ0v) is 12.4. The predicted octanol–water partition coefficient (Wildman–Crippen LogP) is 2.94. The van der Waals surface area contributed by atoms with Gasteiger partial charge < -0.3 is 10.4 Å². The van der Waals surface area contributed by atoms with Gasteiger partial charge in [0.1, 0.15) is 0 Å². The molecule has 0 aliphatic carbocycles. The van der Waals surface area contributed by atoms with Gasteiger partial charge in [-0.05, 0) is 37.5 Å². The maximum Gasteiger partial charge on any atom is 0.325 e. The highest BCUT2D eigenvalue weighted by atomic mass is 35.5. The first-order valence-electron chi connectivity index (χ1n) is 6.47. The number of carbonyl (C=O) groups excluding carboxylic acids is 2. The molecular weight excluding hydrogens is 296 g/mol. The van der Waals surface area contributed by atoms with Gasteiger partial charge in [0.2, 0.25) is 5.91 Å². The highest BCUT2D eigenvalue weighted by molar-refractivity contribution is 6.33. The maximum absolute atomic E-state index is 11.6. The minimum atomic E-state index is -0.901. The van der Waals surface area contributed by atoms with E-state index in [4.69, 9.17) is 16.7 Å². The van der Waals surface area contributed by atoms with Crippen molar-refractivity contribution in [1.29, 1.82) is 0 Å². The average molecular weight is 313 g/mol. The van der Waals surface area contributed by atoms with Crippen LogP contribution in [0.25, 0.3) is 0 Å². The summed E-state index contributed by atoms with van der Waals surface area (Å²) in [4.78, 5) is 33.4. The van der Waals surface area contributed by atoms with E-state index in [0.29, 0.717) is 23.6 Å². The molecule has 3 N–H and O–H groups in total.